The molecule has 82 valence electrons. The van der Waals surface area contributed by atoms with Crippen LogP contribution in [0.25, 0.3) is 0 Å². The zero-order valence-corrected chi connectivity index (χ0v) is 9.20. The molecule has 0 bridgehead atoms. The van der Waals surface area contributed by atoms with E-state index in [0.717, 1.165) is 38.2 Å². The van der Waals surface area contributed by atoms with Gasteiger partial charge in [0.25, 0.3) is 0 Å². The molecule has 0 saturated heterocycles. The van der Waals surface area contributed by atoms with Gasteiger partial charge in [0.05, 0.1) is 11.4 Å². The van der Waals surface area contributed by atoms with E-state index in [1.165, 1.54) is 11.3 Å². The number of rotatable bonds is 4. The Morgan fingerprint density at radius 3 is 3.13 bits per heavy atom. The van der Waals surface area contributed by atoms with E-state index in [1.807, 2.05) is 12.1 Å². The summed E-state index contributed by atoms with van der Waals surface area (Å²) in [5.41, 5.74) is 9.52. The molecule has 15 heavy (non-hydrogen) atoms. The summed E-state index contributed by atoms with van der Waals surface area (Å²) >= 11 is 0. The van der Waals surface area contributed by atoms with E-state index in [-0.39, 0.29) is 0 Å². The fraction of sp³-hybridized carbons (Fsp3) is 0.500. The number of nitrogens with two attached hydrogens (primary N) is 1. The van der Waals surface area contributed by atoms with Crippen molar-refractivity contribution < 1.29 is 4.74 Å². The first-order chi connectivity index (χ1) is 7.33. The number of benzene rings is 1. The predicted octanol–water partition coefficient (Wildman–Crippen LogP) is 1.67. The topological polar surface area (TPSA) is 38.5 Å². The summed E-state index contributed by atoms with van der Waals surface area (Å²) in [6, 6.07) is 6.18. The highest BCUT2D eigenvalue weighted by atomic mass is 16.5. The first kappa shape index (κ1) is 10.3. The summed E-state index contributed by atoms with van der Waals surface area (Å²) in [6.07, 6.45) is 2.18. The highest BCUT2D eigenvalue weighted by molar-refractivity contribution is 5.74. The molecule has 3 nitrogen and oxygen atoms in total. The van der Waals surface area contributed by atoms with Crippen LogP contribution in [-0.2, 0) is 11.2 Å². The van der Waals surface area contributed by atoms with Crippen molar-refractivity contribution in [2.45, 2.75) is 12.8 Å². The highest BCUT2D eigenvalue weighted by Gasteiger charge is 2.20. The Morgan fingerprint density at radius 1 is 1.47 bits per heavy atom. The lowest BCUT2D eigenvalue weighted by atomic mass is 10.1. The van der Waals surface area contributed by atoms with Crippen LogP contribution in [0.15, 0.2) is 18.2 Å². The van der Waals surface area contributed by atoms with Gasteiger partial charge < -0.3 is 15.4 Å². The van der Waals surface area contributed by atoms with Crippen molar-refractivity contribution >= 4 is 11.4 Å². The molecule has 0 unspecified atom stereocenters. The predicted molar refractivity (Wildman–Crippen MR) is 63.3 cm³/mol. The molecule has 1 aromatic rings. The largest absolute Gasteiger partial charge is 0.397 e. The fourth-order valence-corrected chi connectivity index (χ4v) is 2.19. The monoisotopic (exact) mass is 206 g/mol. The third-order valence-corrected chi connectivity index (χ3v) is 2.89. The number of hydrogen-bond donors (Lipinski definition) is 1. The Balaban J connectivity index is 2.07. The van der Waals surface area contributed by atoms with Gasteiger partial charge in [-0.1, -0.05) is 12.1 Å². The molecule has 2 rings (SSSR count). The maximum absolute atomic E-state index is 5.99. The Labute approximate surface area is 90.8 Å². The van der Waals surface area contributed by atoms with Gasteiger partial charge in [0, 0.05) is 26.8 Å². The molecule has 2 N–H and O–H groups in total. The summed E-state index contributed by atoms with van der Waals surface area (Å²) in [4.78, 5) is 2.36. The fourth-order valence-electron chi connectivity index (χ4n) is 2.19. The Hall–Kier alpha value is -1.22. The summed E-state index contributed by atoms with van der Waals surface area (Å²) in [7, 11) is 1.74. The van der Waals surface area contributed by atoms with E-state index in [0.29, 0.717) is 0 Å². The van der Waals surface area contributed by atoms with Crippen LogP contribution in [0.4, 0.5) is 11.4 Å². The molecule has 0 spiro atoms. The number of para-hydroxylation sites is 1. The zero-order chi connectivity index (χ0) is 10.7. The van der Waals surface area contributed by atoms with Crippen molar-refractivity contribution in [1.29, 1.82) is 0 Å². The molecule has 1 heterocycles. The van der Waals surface area contributed by atoms with Crippen LogP contribution in [0.1, 0.15) is 12.0 Å². The van der Waals surface area contributed by atoms with Gasteiger partial charge >= 0.3 is 0 Å². The summed E-state index contributed by atoms with van der Waals surface area (Å²) in [6.45, 7) is 2.95. The van der Waals surface area contributed by atoms with Crippen LogP contribution >= 0.6 is 0 Å². The average molecular weight is 206 g/mol. The van der Waals surface area contributed by atoms with Crippen molar-refractivity contribution in [3.05, 3.63) is 23.8 Å². The molecule has 0 fully saturated rings. The molecule has 1 aromatic carbocycles. The van der Waals surface area contributed by atoms with Crippen molar-refractivity contribution in [3.8, 4) is 0 Å². The van der Waals surface area contributed by atoms with Crippen LogP contribution in [0.3, 0.4) is 0 Å². The molecule has 0 aliphatic carbocycles. The molecule has 0 saturated carbocycles. The molecule has 0 atom stereocenters. The third kappa shape index (κ3) is 2.07. The van der Waals surface area contributed by atoms with E-state index in [4.69, 9.17) is 10.5 Å². The first-order valence-corrected chi connectivity index (χ1v) is 5.44. The molecule has 1 aliphatic heterocycles. The number of hydrogen-bond acceptors (Lipinski definition) is 3. The normalized spacial score (nSPS) is 14.3. The number of anilines is 2. The minimum atomic E-state index is 0.818. The van der Waals surface area contributed by atoms with Gasteiger partial charge in [-0.2, -0.15) is 0 Å². The van der Waals surface area contributed by atoms with Gasteiger partial charge in [-0.05, 0) is 24.5 Å². The van der Waals surface area contributed by atoms with Gasteiger partial charge in [0.1, 0.15) is 0 Å². The van der Waals surface area contributed by atoms with Crippen LogP contribution in [0.2, 0.25) is 0 Å². The lowest BCUT2D eigenvalue weighted by Crippen LogP contribution is -2.23. The average Bonchev–Trinajstić information content (AvgIpc) is 2.63. The van der Waals surface area contributed by atoms with E-state index in [1.54, 1.807) is 7.11 Å². The lowest BCUT2D eigenvalue weighted by molar-refractivity contribution is 0.196. The Morgan fingerprint density at radius 2 is 2.33 bits per heavy atom. The number of nitrogens with zero attached hydrogens (tertiary/aromatic N) is 1. The van der Waals surface area contributed by atoms with Crippen LogP contribution in [0.5, 0.6) is 0 Å². The van der Waals surface area contributed by atoms with Gasteiger partial charge in [0.15, 0.2) is 0 Å². The molecular formula is C12H18N2O. The van der Waals surface area contributed by atoms with E-state index in [2.05, 4.69) is 11.0 Å². The molecule has 3 heteroatoms. The van der Waals surface area contributed by atoms with Gasteiger partial charge in [0.2, 0.25) is 0 Å². The summed E-state index contributed by atoms with van der Waals surface area (Å²) < 4.78 is 5.06. The first-order valence-electron chi connectivity index (χ1n) is 5.44. The standard InChI is InChI=1S/C12H18N2O/c1-15-9-3-7-14-8-6-10-4-2-5-11(13)12(10)14/h2,4-5H,3,6-9,13H2,1H3. The maximum atomic E-state index is 5.99. The van der Waals surface area contributed by atoms with Gasteiger partial charge in [-0.15, -0.1) is 0 Å². The van der Waals surface area contributed by atoms with Gasteiger partial charge in [-0.3, -0.25) is 0 Å². The lowest BCUT2D eigenvalue weighted by Gasteiger charge is -2.20. The summed E-state index contributed by atoms with van der Waals surface area (Å²) in [5, 5.41) is 0. The number of ether oxygens (including phenoxy) is 1. The molecule has 0 aromatic heterocycles. The van der Waals surface area contributed by atoms with Crippen LogP contribution < -0.4 is 10.6 Å². The highest BCUT2D eigenvalue weighted by Crippen LogP contribution is 2.33. The Kier molecular flexibility index (Phi) is 3.11. The zero-order valence-electron chi connectivity index (χ0n) is 9.20. The van der Waals surface area contributed by atoms with E-state index < -0.39 is 0 Å². The Bertz CT molecular complexity index is 338. The second-order valence-electron chi connectivity index (χ2n) is 3.94. The van der Waals surface area contributed by atoms with E-state index >= 15 is 0 Å². The van der Waals surface area contributed by atoms with Gasteiger partial charge in [-0.25, -0.2) is 0 Å². The minimum absolute atomic E-state index is 0.818. The quantitative estimate of drug-likeness (QED) is 0.601. The minimum Gasteiger partial charge on any atom is -0.397 e. The maximum Gasteiger partial charge on any atom is 0.0633 e. The van der Waals surface area contributed by atoms with Crippen LogP contribution in [0, 0.1) is 0 Å². The molecule has 0 radical (unpaired) electrons. The molecule has 1 aliphatic rings. The van der Waals surface area contributed by atoms with Crippen molar-refractivity contribution in [2.24, 2.45) is 0 Å². The van der Waals surface area contributed by atoms with Crippen molar-refractivity contribution in [3.63, 3.8) is 0 Å². The van der Waals surface area contributed by atoms with E-state index in [9.17, 15) is 0 Å². The molecular weight excluding hydrogens is 188 g/mol. The number of nitrogen functional groups attached to an aromatic ring is 1. The summed E-state index contributed by atoms with van der Waals surface area (Å²) in [5.74, 6) is 0. The second-order valence-corrected chi connectivity index (χ2v) is 3.94. The number of fused-ring (bicyclic) bond motifs is 1. The number of methoxy groups -OCH3 is 1. The smallest absolute Gasteiger partial charge is 0.0633 e. The molecule has 0 amide bonds. The van der Waals surface area contributed by atoms with Crippen molar-refractivity contribution in [2.75, 3.05) is 37.4 Å². The third-order valence-electron chi connectivity index (χ3n) is 2.89. The second kappa shape index (κ2) is 4.53. The van der Waals surface area contributed by atoms with Crippen molar-refractivity contribution in [1.82, 2.24) is 0 Å². The SMILES string of the molecule is COCCCN1CCc2cccc(N)c21. The van der Waals surface area contributed by atoms with Crippen LogP contribution in [-0.4, -0.2) is 26.8 Å².